The molecular formula is C30H42N6O3. The molecule has 9 heteroatoms. The molecule has 2 heterocycles. The number of para-hydroxylation sites is 1. The fourth-order valence-corrected chi connectivity index (χ4v) is 5.39. The van der Waals surface area contributed by atoms with Crippen LogP contribution in [0.2, 0.25) is 0 Å². The first-order valence-corrected chi connectivity index (χ1v) is 14.0. The Balaban J connectivity index is 1.34. The average Bonchev–Trinajstić information content (AvgIpc) is 2.90. The number of nitrogens with zero attached hydrogens (tertiary/aromatic N) is 3. The van der Waals surface area contributed by atoms with E-state index in [1.54, 1.807) is 0 Å². The van der Waals surface area contributed by atoms with Crippen molar-refractivity contribution in [3.05, 3.63) is 53.6 Å². The van der Waals surface area contributed by atoms with Crippen molar-refractivity contribution in [1.29, 1.82) is 0 Å². The van der Waals surface area contributed by atoms with Crippen LogP contribution in [0.4, 0.5) is 11.4 Å². The normalized spacial score (nSPS) is 17.0. The summed E-state index contributed by atoms with van der Waals surface area (Å²) < 4.78 is 6.01. The van der Waals surface area contributed by atoms with Crippen LogP contribution >= 0.6 is 0 Å². The fourth-order valence-electron chi connectivity index (χ4n) is 5.39. The lowest BCUT2D eigenvalue weighted by molar-refractivity contribution is -0.132. The lowest BCUT2D eigenvalue weighted by Gasteiger charge is -2.32. The van der Waals surface area contributed by atoms with Crippen molar-refractivity contribution in [2.45, 2.75) is 59.0 Å². The number of fused-ring (bicyclic) bond motifs is 2. The predicted molar refractivity (Wildman–Crippen MR) is 155 cm³/mol. The summed E-state index contributed by atoms with van der Waals surface area (Å²) in [6.07, 6.45) is 3.20. The standard InChI is InChI=1S/C30H42N6O3/c1-4-14-35(17-20(2)3)28(37)19-36-18-22-9-11-23(16-27(22)34-30(36)32)39-15-13-24(29(31)38)26-12-10-21-7-5-6-8-25(21)33-26/h5-9,11,16,20,24,26,33H,4,10,12-15,17-19H2,1-3H3,(H2,31,38)(H2,32,34). The summed E-state index contributed by atoms with van der Waals surface area (Å²) in [6.45, 7) is 8.84. The summed E-state index contributed by atoms with van der Waals surface area (Å²) in [5.74, 6) is 0.794. The maximum absolute atomic E-state index is 13.0. The van der Waals surface area contributed by atoms with Gasteiger partial charge in [-0.1, -0.05) is 45.0 Å². The number of guanidine groups is 1. The van der Waals surface area contributed by atoms with Gasteiger partial charge < -0.3 is 31.3 Å². The smallest absolute Gasteiger partial charge is 0.242 e. The number of nitrogens with one attached hydrogen (secondary N) is 1. The van der Waals surface area contributed by atoms with Gasteiger partial charge in [0.1, 0.15) is 12.3 Å². The number of ether oxygens (including phenoxy) is 1. The molecule has 5 N–H and O–H groups in total. The third kappa shape index (κ3) is 7.22. The Bertz CT molecular complexity index is 1200. The Morgan fingerprint density at radius 1 is 1.21 bits per heavy atom. The number of hydrogen-bond donors (Lipinski definition) is 3. The van der Waals surface area contributed by atoms with E-state index in [9.17, 15) is 9.59 Å². The Morgan fingerprint density at radius 2 is 2.00 bits per heavy atom. The molecule has 0 spiro atoms. The first-order chi connectivity index (χ1) is 18.7. The van der Waals surface area contributed by atoms with E-state index in [0.29, 0.717) is 37.2 Å². The largest absolute Gasteiger partial charge is 0.493 e. The van der Waals surface area contributed by atoms with E-state index in [1.165, 1.54) is 5.56 Å². The van der Waals surface area contributed by atoms with Gasteiger partial charge in [-0.15, -0.1) is 0 Å². The minimum Gasteiger partial charge on any atom is -0.493 e. The zero-order valence-electron chi connectivity index (χ0n) is 23.4. The van der Waals surface area contributed by atoms with Crippen molar-refractivity contribution in [2.75, 3.05) is 31.6 Å². The molecule has 0 radical (unpaired) electrons. The van der Waals surface area contributed by atoms with Crippen molar-refractivity contribution in [3.63, 3.8) is 0 Å². The highest BCUT2D eigenvalue weighted by molar-refractivity contribution is 5.88. The molecule has 2 amide bonds. The van der Waals surface area contributed by atoms with E-state index in [-0.39, 0.29) is 30.3 Å². The third-order valence-electron chi connectivity index (χ3n) is 7.37. The molecule has 0 fully saturated rings. The topological polar surface area (TPSA) is 126 Å². The van der Waals surface area contributed by atoms with E-state index < -0.39 is 0 Å². The van der Waals surface area contributed by atoms with Crippen molar-refractivity contribution in [1.82, 2.24) is 9.80 Å². The first-order valence-electron chi connectivity index (χ1n) is 14.0. The Morgan fingerprint density at radius 3 is 2.74 bits per heavy atom. The summed E-state index contributed by atoms with van der Waals surface area (Å²) in [6, 6.07) is 13.9. The van der Waals surface area contributed by atoms with E-state index in [4.69, 9.17) is 16.2 Å². The van der Waals surface area contributed by atoms with E-state index >= 15 is 0 Å². The predicted octanol–water partition coefficient (Wildman–Crippen LogP) is 3.64. The minimum absolute atomic E-state index is 0.0172. The highest BCUT2D eigenvalue weighted by Crippen LogP contribution is 2.31. The lowest BCUT2D eigenvalue weighted by Crippen LogP contribution is -2.47. The Labute approximate surface area is 231 Å². The quantitative estimate of drug-likeness (QED) is 0.382. The number of rotatable bonds is 12. The van der Waals surface area contributed by atoms with Crippen LogP contribution in [0.1, 0.15) is 51.2 Å². The van der Waals surface area contributed by atoms with Crippen LogP contribution in [0.3, 0.4) is 0 Å². The number of hydrogen-bond acceptors (Lipinski definition) is 7. The van der Waals surface area contributed by atoms with Gasteiger partial charge in [-0.3, -0.25) is 9.59 Å². The second-order valence-corrected chi connectivity index (χ2v) is 10.9. The number of aliphatic imine (C=N–C) groups is 1. The molecule has 2 aliphatic heterocycles. The molecule has 0 saturated heterocycles. The van der Waals surface area contributed by atoms with Crippen LogP contribution < -0.4 is 21.5 Å². The van der Waals surface area contributed by atoms with Crippen LogP contribution in [0.15, 0.2) is 47.5 Å². The monoisotopic (exact) mass is 534 g/mol. The molecule has 2 aromatic carbocycles. The Hall–Kier alpha value is -3.75. The van der Waals surface area contributed by atoms with Crippen LogP contribution in [-0.2, 0) is 22.6 Å². The zero-order chi connectivity index (χ0) is 27.9. The van der Waals surface area contributed by atoms with Gasteiger partial charge in [0.25, 0.3) is 0 Å². The second-order valence-electron chi connectivity index (χ2n) is 10.9. The number of primary amides is 1. The van der Waals surface area contributed by atoms with Gasteiger partial charge in [0.05, 0.1) is 18.2 Å². The van der Waals surface area contributed by atoms with Gasteiger partial charge in [-0.25, -0.2) is 4.99 Å². The zero-order valence-corrected chi connectivity index (χ0v) is 23.4. The molecule has 0 bridgehead atoms. The molecule has 2 aromatic rings. The summed E-state index contributed by atoms with van der Waals surface area (Å²) in [7, 11) is 0. The van der Waals surface area contributed by atoms with Crippen LogP contribution in [0, 0.1) is 11.8 Å². The van der Waals surface area contributed by atoms with Gasteiger partial charge in [-0.2, -0.15) is 0 Å². The number of carbonyl (C=O) groups excluding carboxylic acids is 2. The molecule has 0 aromatic heterocycles. The van der Waals surface area contributed by atoms with Crippen LogP contribution in [0.5, 0.6) is 5.75 Å². The molecule has 0 saturated carbocycles. The molecule has 39 heavy (non-hydrogen) atoms. The fraction of sp³-hybridized carbons (Fsp3) is 0.500. The van der Waals surface area contributed by atoms with Crippen LogP contribution in [-0.4, -0.2) is 59.9 Å². The highest BCUT2D eigenvalue weighted by atomic mass is 16.5. The van der Waals surface area contributed by atoms with Crippen molar-refractivity contribution < 1.29 is 14.3 Å². The van der Waals surface area contributed by atoms with Crippen LogP contribution in [0.25, 0.3) is 0 Å². The number of benzene rings is 2. The SMILES string of the molecule is CCCN(CC(C)C)C(=O)CN1Cc2ccc(OCCC(C(N)=O)C3CCc4ccccc4N3)cc2N=C1N. The Kier molecular flexibility index (Phi) is 9.32. The second kappa shape index (κ2) is 12.9. The van der Waals surface area contributed by atoms with Gasteiger partial charge in [0.15, 0.2) is 5.96 Å². The van der Waals surface area contributed by atoms with Gasteiger partial charge in [0, 0.05) is 37.4 Å². The van der Waals surface area contributed by atoms with E-state index in [1.807, 2.05) is 46.2 Å². The number of aryl methyl sites for hydroxylation is 1. The number of nitrogens with two attached hydrogens (primary N) is 2. The summed E-state index contributed by atoms with van der Waals surface area (Å²) in [5.41, 5.74) is 16.1. The van der Waals surface area contributed by atoms with E-state index in [0.717, 1.165) is 49.3 Å². The van der Waals surface area contributed by atoms with Gasteiger partial charge in [0.2, 0.25) is 11.8 Å². The van der Waals surface area contributed by atoms with E-state index in [2.05, 4.69) is 37.1 Å². The number of anilines is 1. The molecule has 0 aliphatic carbocycles. The number of carbonyl (C=O) groups is 2. The average molecular weight is 535 g/mol. The maximum atomic E-state index is 13.0. The first kappa shape index (κ1) is 28.3. The van der Waals surface area contributed by atoms with Gasteiger partial charge in [-0.05, 0) is 54.9 Å². The molecule has 2 unspecified atom stereocenters. The number of amides is 2. The van der Waals surface area contributed by atoms with Crippen molar-refractivity contribution >= 4 is 29.1 Å². The summed E-state index contributed by atoms with van der Waals surface area (Å²) in [4.78, 5) is 33.5. The molecule has 4 rings (SSSR count). The molecular weight excluding hydrogens is 492 g/mol. The maximum Gasteiger partial charge on any atom is 0.242 e. The molecule has 9 nitrogen and oxygen atoms in total. The minimum atomic E-state index is -0.335. The third-order valence-corrected chi connectivity index (χ3v) is 7.37. The summed E-state index contributed by atoms with van der Waals surface area (Å²) in [5, 5.41) is 3.49. The van der Waals surface area contributed by atoms with Crippen molar-refractivity contribution in [2.24, 2.45) is 28.3 Å². The summed E-state index contributed by atoms with van der Waals surface area (Å²) >= 11 is 0. The van der Waals surface area contributed by atoms with Crippen molar-refractivity contribution in [3.8, 4) is 5.75 Å². The molecule has 2 atom stereocenters. The molecule has 2 aliphatic rings. The molecule has 210 valence electrons. The van der Waals surface area contributed by atoms with Gasteiger partial charge >= 0.3 is 0 Å². The lowest BCUT2D eigenvalue weighted by atomic mass is 9.87. The highest BCUT2D eigenvalue weighted by Gasteiger charge is 2.30.